The summed E-state index contributed by atoms with van der Waals surface area (Å²) in [4.78, 5) is 17.8. The Kier molecular flexibility index (Phi) is 8.26. The monoisotopic (exact) mass is 678 g/mol. The van der Waals surface area contributed by atoms with E-state index >= 15 is 0 Å². The Morgan fingerprint density at radius 2 is 1.96 bits per heavy atom. The molecule has 0 amide bonds. The molecular weight excluding hydrogens is 654 g/mol. The molecule has 6 heterocycles. The minimum atomic E-state index is -4.68. The van der Waals surface area contributed by atoms with Gasteiger partial charge in [0.05, 0.1) is 47.7 Å². The van der Waals surface area contributed by atoms with E-state index < -0.39 is 24.2 Å². The van der Waals surface area contributed by atoms with Crippen LogP contribution >= 0.6 is 11.6 Å². The Hall–Kier alpha value is -4.28. The van der Waals surface area contributed by atoms with Crippen LogP contribution in [0.15, 0.2) is 36.5 Å². The number of aromatic amines is 1. The molecule has 246 valence electrons. The first-order valence-corrected chi connectivity index (χ1v) is 15.0. The second-order valence-corrected chi connectivity index (χ2v) is 11.7. The van der Waals surface area contributed by atoms with Gasteiger partial charge >= 0.3 is 6.18 Å². The predicted molar refractivity (Wildman–Crippen MR) is 155 cm³/mol. The van der Waals surface area contributed by atoms with Crippen molar-refractivity contribution in [3.63, 3.8) is 0 Å². The maximum atomic E-state index is 14.3. The molecule has 2 aliphatic heterocycles. The summed E-state index contributed by atoms with van der Waals surface area (Å²) in [6.07, 6.45) is -4.73. The van der Waals surface area contributed by atoms with Crippen LogP contribution in [-0.4, -0.2) is 58.9 Å². The number of rotatable bonds is 9. The van der Waals surface area contributed by atoms with Crippen molar-refractivity contribution < 1.29 is 35.8 Å². The van der Waals surface area contributed by atoms with Crippen molar-refractivity contribution in [3.8, 4) is 17.4 Å². The number of pyridine rings is 2. The first-order valence-electron chi connectivity index (χ1n) is 14.6. The molecule has 0 bridgehead atoms. The fraction of sp³-hybridized carbons (Fsp3) is 0.367. The summed E-state index contributed by atoms with van der Waals surface area (Å²) in [7, 11) is 0. The minimum Gasteiger partial charge on any atom is -0.472 e. The molecule has 0 unspecified atom stereocenters. The number of hydrogen-bond acceptors (Lipinski definition) is 8. The molecular formula is C30H25ClF6N8O2. The van der Waals surface area contributed by atoms with Gasteiger partial charge in [-0.2, -0.15) is 13.2 Å². The van der Waals surface area contributed by atoms with Crippen molar-refractivity contribution in [2.45, 2.75) is 57.8 Å². The molecule has 1 atom stereocenters. The largest absolute Gasteiger partial charge is 0.472 e. The summed E-state index contributed by atoms with van der Waals surface area (Å²) < 4.78 is 94.7. The number of alkyl halides is 5. The van der Waals surface area contributed by atoms with Crippen LogP contribution in [0.2, 0.25) is 5.02 Å². The van der Waals surface area contributed by atoms with Crippen molar-refractivity contribution >= 4 is 22.6 Å². The first kappa shape index (κ1) is 31.3. The van der Waals surface area contributed by atoms with Gasteiger partial charge in [0.2, 0.25) is 11.7 Å². The van der Waals surface area contributed by atoms with Gasteiger partial charge in [-0.15, -0.1) is 10.2 Å². The van der Waals surface area contributed by atoms with Crippen molar-refractivity contribution in [1.29, 1.82) is 0 Å². The molecule has 0 spiro atoms. The molecule has 17 heteroatoms. The van der Waals surface area contributed by atoms with Gasteiger partial charge in [0.1, 0.15) is 23.9 Å². The van der Waals surface area contributed by atoms with Crippen LogP contribution in [0, 0.1) is 5.82 Å². The summed E-state index contributed by atoms with van der Waals surface area (Å²) in [6, 6.07) is 6.95. The third kappa shape index (κ3) is 6.49. The van der Waals surface area contributed by atoms with Crippen LogP contribution < -0.4 is 4.74 Å². The lowest BCUT2D eigenvalue weighted by Crippen LogP contribution is -2.34. The van der Waals surface area contributed by atoms with Crippen molar-refractivity contribution in [2.75, 3.05) is 13.2 Å². The SMILES string of the molecule is Fc1cc(Cl)ccc1COc1nc2c(cc1C(F)F)CCN(Cc1nc3cc(-c4nnc(C(F)(F)F)[nH]4)ncc3n1C[C@@H]1CCO1)C2. The van der Waals surface area contributed by atoms with E-state index in [0.717, 1.165) is 12.5 Å². The number of nitrogens with zero attached hydrogens (tertiary/aromatic N) is 7. The normalized spacial score (nSPS) is 16.9. The summed E-state index contributed by atoms with van der Waals surface area (Å²) in [5.41, 5.74) is 2.30. The highest BCUT2D eigenvalue weighted by molar-refractivity contribution is 6.30. The zero-order valence-electron chi connectivity index (χ0n) is 24.4. The Bertz CT molecular complexity index is 1940. The number of fused-ring (bicyclic) bond motifs is 2. The number of hydrogen-bond donors (Lipinski definition) is 1. The molecule has 0 saturated carbocycles. The van der Waals surface area contributed by atoms with Crippen LogP contribution in [0.25, 0.3) is 22.6 Å². The molecule has 7 rings (SSSR count). The van der Waals surface area contributed by atoms with E-state index in [4.69, 9.17) is 26.1 Å². The molecule has 4 aromatic heterocycles. The van der Waals surface area contributed by atoms with Gasteiger partial charge in [0.15, 0.2) is 5.82 Å². The van der Waals surface area contributed by atoms with E-state index in [1.807, 2.05) is 4.57 Å². The molecule has 1 aromatic carbocycles. The number of nitrogens with one attached hydrogen (secondary N) is 1. The molecule has 1 fully saturated rings. The number of imidazole rings is 1. The Labute approximate surface area is 267 Å². The van der Waals surface area contributed by atoms with E-state index in [9.17, 15) is 26.3 Å². The summed E-state index contributed by atoms with van der Waals surface area (Å²) in [6.45, 7) is 2.00. The second kappa shape index (κ2) is 12.4. The van der Waals surface area contributed by atoms with Gasteiger partial charge < -0.3 is 19.0 Å². The summed E-state index contributed by atoms with van der Waals surface area (Å²) in [5.74, 6) is -1.61. The fourth-order valence-corrected chi connectivity index (χ4v) is 5.73. The van der Waals surface area contributed by atoms with Gasteiger partial charge in [-0.25, -0.2) is 23.1 Å². The zero-order valence-corrected chi connectivity index (χ0v) is 25.1. The maximum Gasteiger partial charge on any atom is 0.451 e. The van der Waals surface area contributed by atoms with E-state index in [0.29, 0.717) is 67.3 Å². The fourth-order valence-electron chi connectivity index (χ4n) is 5.57. The Morgan fingerprint density at radius 1 is 1.13 bits per heavy atom. The van der Waals surface area contributed by atoms with E-state index in [-0.39, 0.29) is 46.3 Å². The molecule has 2 aliphatic rings. The number of H-pyrrole nitrogens is 1. The van der Waals surface area contributed by atoms with Crippen molar-refractivity contribution in [3.05, 3.63) is 81.4 Å². The highest BCUT2D eigenvalue weighted by Crippen LogP contribution is 2.33. The third-order valence-corrected chi connectivity index (χ3v) is 8.36. The van der Waals surface area contributed by atoms with Crippen molar-refractivity contribution in [2.24, 2.45) is 0 Å². The Morgan fingerprint density at radius 3 is 2.66 bits per heavy atom. The smallest absolute Gasteiger partial charge is 0.451 e. The van der Waals surface area contributed by atoms with Crippen LogP contribution in [0.5, 0.6) is 5.88 Å². The van der Waals surface area contributed by atoms with Gasteiger partial charge in [-0.3, -0.25) is 9.88 Å². The van der Waals surface area contributed by atoms with Gasteiger partial charge in [-0.1, -0.05) is 17.7 Å². The minimum absolute atomic E-state index is 0.0313. The zero-order chi connectivity index (χ0) is 32.9. The van der Waals surface area contributed by atoms with Crippen LogP contribution in [0.4, 0.5) is 26.3 Å². The molecule has 0 aliphatic carbocycles. The van der Waals surface area contributed by atoms with Crippen LogP contribution in [0.1, 0.15) is 46.9 Å². The lowest BCUT2D eigenvalue weighted by molar-refractivity contribution is -0.144. The maximum absolute atomic E-state index is 14.3. The molecule has 0 radical (unpaired) electrons. The number of halogens is 7. The molecule has 5 aromatic rings. The lowest BCUT2D eigenvalue weighted by atomic mass is 10.0. The topological polar surface area (TPSA) is 107 Å². The average molecular weight is 679 g/mol. The highest BCUT2D eigenvalue weighted by Gasteiger charge is 2.36. The summed E-state index contributed by atoms with van der Waals surface area (Å²) >= 11 is 5.81. The quantitative estimate of drug-likeness (QED) is 0.182. The number of ether oxygens (including phenoxy) is 2. The molecule has 47 heavy (non-hydrogen) atoms. The van der Waals surface area contributed by atoms with E-state index in [1.54, 1.807) is 6.07 Å². The predicted octanol–water partition coefficient (Wildman–Crippen LogP) is 6.29. The molecule has 1 saturated heterocycles. The van der Waals surface area contributed by atoms with Gasteiger partial charge in [0.25, 0.3) is 6.43 Å². The van der Waals surface area contributed by atoms with Gasteiger partial charge in [-0.05, 0) is 42.7 Å². The van der Waals surface area contributed by atoms with Crippen LogP contribution in [-0.2, 0) is 43.6 Å². The standard InChI is InChI=1S/C30H25ClF6N8O2/c31-17-2-1-16(20(32)8-17)14-47-28-19(26(33)34)7-15-3-5-44(12-23(15)40-28)13-25-39-21-9-22(27-41-29(43-42-27)30(35,36)37)38-10-24(21)45(25)11-18-4-6-46-18/h1-2,7-10,18,26H,3-6,11-14H2,(H,41,42,43)/t18-/m0/s1. The molecule has 10 nitrogen and oxygen atoms in total. The highest BCUT2D eigenvalue weighted by atomic mass is 35.5. The summed E-state index contributed by atoms with van der Waals surface area (Å²) in [5, 5.41) is 6.98. The first-order chi connectivity index (χ1) is 22.5. The Balaban J connectivity index is 1.15. The van der Waals surface area contributed by atoms with Crippen LogP contribution in [0.3, 0.4) is 0 Å². The molecule has 1 N–H and O–H groups in total. The number of aromatic nitrogens is 7. The second-order valence-electron chi connectivity index (χ2n) is 11.3. The lowest BCUT2D eigenvalue weighted by Gasteiger charge is -2.30. The van der Waals surface area contributed by atoms with Gasteiger partial charge in [0, 0.05) is 30.3 Å². The third-order valence-electron chi connectivity index (χ3n) is 8.13. The van der Waals surface area contributed by atoms with E-state index in [1.165, 1.54) is 24.4 Å². The average Bonchev–Trinajstić information content (AvgIpc) is 3.63. The van der Waals surface area contributed by atoms with Crippen molar-refractivity contribution in [1.82, 2.24) is 39.6 Å². The number of benzene rings is 1. The van der Waals surface area contributed by atoms with E-state index in [2.05, 4.69) is 30.0 Å².